The molecule has 0 aromatic carbocycles. The topological polar surface area (TPSA) is 76.5 Å². The standard InChI is InChI=1S/C12H22N4O3S/c1-3-6-16-12(4-5-13-16)20(17,18)14-9-11-10-15(2)7-8-19-11/h4-5,11,14H,3,6-10H2,1-2H3/t11-/m1/s1. The van der Waals surface area contributed by atoms with E-state index in [9.17, 15) is 8.42 Å². The van der Waals surface area contributed by atoms with E-state index in [0.717, 1.165) is 19.5 Å². The van der Waals surface area contributed by atoms with Crippen LogP contribution in [0.3, 0.4) is 0 Å². The number of sulfonamides is 1. The number of hydrogen-bond acceptors (Lipinski definition) is 5. The fourth-order valence-corrected chi connectivity index (χ4v) is 3.40. The van der Waals surface area contributed by atoms with Crippen LogP contribution in [0, 0.1) is 0 Å². The molecule has 114 valence electrons. The zero-order valence-corrected chi connectivity index (χ0v) is 12.8. The summed E-state index contributed by atoms with van der Waals surface area (Å²) in [5.74, 6) is 0. The average Bonchev–Trinajstić information content (AvgIpc) is 2.86. The Morgan fingerprint density at radius 3 is 3.05 bits per heavy atom. The fourth-order valence-electron chi connectivity index (χ4n) is 2.20. The Kier molecular flexibility index (Phi) is 5.14. The van der Waals surface area contributed by atoms with Crippen molar-refractivity contribution in [1.29, 1.82) is 0 Å². The lowest BCUT2D eigenvalue weighted by Crippen LogP contribution is -2.46. The zero-order valence-electron chi connectivity index (χ0n) is 11.9. The highest BCUT2D eigenvalue weighted by Gasteiger charge is 2.23. The highest BCUT2D eigenvalue weighted by atomic mass is 32.2. The Balaban J connectivity index is 1.98. The summed E-state index contributed by atoms with van der Waals surface area (Å²) >= 11 is 0. The second kappa shape index (κ2) is 6.66. The quantitative estimate of drug-likeness (QED) is 0.794. The van der Waals surface area contributed by atoms with Crippen molar-refractivity contribution >= 4 is 10.0 Å². The van der Waals surface area contributed by atoms with Gasteiger partial charge in [-0.05, 0) is 19.5 Å². The van der Waals surface area contributed by atoms with Crippen LogP contribution in [0.25, 0.3) is 0 Å². The number of rotatable bonds is 6. The summed E-state index contributed by atoms with van der Waals surface area (Å²) in [6.45, 7) is 5.10. The van der Waals surface area contributed by atoms with Gasteiger partial charge in [-0.15, -0.1) is 0 Å². The van der Waals surface area contributed by atoms with E-state index < -0.39 is 10.0 Å². The predicted octanol–water partition coefficient (Wildman–Crippen LogP) is -0.0980. The summed E-state index contributed by atoms with van der Waals surface area (Å²) in [5, 5.41) is 4.25. The molecule has 8 heteroatoms. The minimum Gasteiger partial charge on any atom is -0.374 e. The molecule has 7 nitrogen and oxygen atoms in total. The van der Waals surface area contributed by atoms with Gasteiger partial charge in [0.1, 0.15) is 0 Å². The largest absolute Gasteiger partial charge is 0.374 e. The van der Waals surface area contributed by atoms with Crippen molar-refractivity contribution in [3.63, 3.8) is 0 Å². The molecule has 0 unspecified atom stereocenters. The van der Waals surface area contributed by atoms with E-state index in [1.807, 2.05) is 14.0 Å². The van der Waals surface area contributed by atoms with Crippen LogP contribution < -0.4 is 4.72 Å². The van der Waals surface area contributed by atoms with E-state index in [1.54, 1.807) is 0 Å². The highest BCUT2D eigenvalue weighted by molar-refractivity contribution is 7.89. The van der Waals surface area contributed by atoms with Gasteiger partial charge in [0.2, 0.25) is 0 Å². The minimum absolute atomic E-state index is 0.105. The lowest BCUT2D eigenvalue weighted by molar-refractivity contribution is -0.0156. The van der Waals surface area contributed by atoms with Crippen LogP contribution in [-0.2, 0) is 21.3 Å². The molecule has 1 aliphatic heterocycles. The van der Waals surface area contributed by atoms with Gasteiger partial charge in [-0.25, -0.2) is 13.1 Å². The fraction of sp³-hybridized carbons (Fsp3) is 0.750. The van der Waals surface area contributed by atoms with Crippen molar-refractivity contribution in [1.82, 2.24) is 19.4 Å². The number of ether oxygens (including phenoxy) is 1. The maximum absolute atomic E-state index is 12.3. The molecule has 1 saturated heterocycles. The molecule has 0 radical (unpaired) electrons. The van der Waals surface area contributed by atoms with E-state index >= 15 is 0 Å². The van der Waals surface area contributed by atoms with Gasteiger partial charge in [0.05, 0.1) is 18.9 Å². The smallest absolute Gasteiger partial charge is 0.257 e. The predicted molar refractivity (Wildman–Crippen MR) is 74.9 cm³/mol. The third kappa shape index (κ3) is 3.78. The molecule has 1 fully saturated rings. The molecular formula is C12H22N4O3S. The molecule has 0 spiro atoms. The number of nitrogens with one attached hydrogen (secondary N) is 1. The molecule has 2 heterocycles. The zero-order chi connectivity index (χ0) is 14.6. The SMILES string of the molecule is CCCn1nccc1S(=O)(=O)NC[C@@H]1CN(C)CCO1. The molecule has 0 saturated carbocycles. The molecule has 1 N–H and O–H groups in total. The molecule has 0 bridgehead atoms. The lowest BCUT2D eigenvalue weighted by atomic mass is 10.3. The Morgan fingerprint density at radius 2 is 2.35 bits per heavy atom. The summed E-state index contributed by atoms with van der Waals surface area (Å²) in [4.78, 5) is 2.13. The first-order valence-corrected chi connectivity index (χ1v) is 8.33. The van der Waals surface area contributed by atoms with Gasteiger partial charge < -0.3 is 9.64 Å². The van der Waals surface area contributed by atoms with Crippen molar-refractivity contribution in [3.8, 4) is 0 Å². The molecule has 0 aliphatic carbocycles. The van der Waals surface area contributed by atoms with Crippen molar-refractivity contribution in [2.75, 3.05) is 33.3 Å². The Labute approximate surface area is 120 Å². The summed E-state index contributed by atoms with van der Waals surface area (Å²) in [5.41, 5.74) is 0. The molecule has 0 amide bonds. The van der Waals surface area contributed by atoms with Crippen LogP contribution in [0.4, 0.5) is 0 Å². The van der Waals surface area contributed by atoms with E-state index in [1.165, 1.54) is 16.9 Å². The van der Waals surface area contributed by atoms with Crippen LogP contribution in [0.15, 0.2) is 17.3 Å². The maximum atomic E-state index is 12.3. The lowest BCUT2D eigenvalue weighted by Gasteiger charge is -2.30. The van der Waals surface area contributed by atoms with Gasteiger partial charge in [-0.3, -0.25) is 4.68 Å². The van der Waals surface area contributed by atoms with Gasteiger partial charge in [0.25, 0.3) is 10.0 Å². The number of nitrogens with zero attached hydrogens (tertiary/aromatic N) is 3. The molecule has 1 atom stereocenters. The second-order valence-corrected chi connectivity index (χ2v) is 6.71. The van der Waals surface area contributed by atoms with Crippen molar-refractivity contribution in [2.24, 2.45) is 0 Å². The Hall–Kier alpha value is -0.960. The van der Waals surface area contributed by atoms with E-state index in [-0.39, 0.29) is 17.7 Å². The summed E-state index contributed by atoms with van der Waals surface area (Å²) < 4.78 is 34.2. The molecule has 2 rings (SSSR count). The summed E-state index contributed by atoms with van der Waals surface area (Å²) in [7, 11) is -1.53. The monoisotopic (exact) mass is 302 g/mol. The third-order valence-electron chi connectivity index (χ3n) is 3.23. The molecule has 1 aliphatic rings. The van der Waals surface area contributed by atoms with Gasteiger partial charge in [-0.1, -0.05) is 6.92 Å². The molecule has 1 aromatic heterocycles. The minimum atomic E-state index is -3.53. The van der Waals surface area contributed by atoms with E-state index in [4.69, 9.17) is 4.74 Å². The van der Waals surface area contributed by atoms with Crippen LogP contribution in [-0.4, -0.2) is 62.5 Å². The van der Waals surface area contributed by atoms with Crippen LogP contribution >= 0.6 is 0 Å². The van der Waals surface area contributed by atoms with Crippen molar-refractivity contribution < 1.29 is 13.2 Å². The number of aromatic nitrogens is 2. The number of hydrogen-bond donors (Lipinski definition) is 1. The first kappa shape index (κ1) is 15.4. The summed E-state index contributed by atoms with van der Waals surface area (Å²) in [6, 6.07) is 1.52. The van der Waals surface area contributed by atoms with Crippen molar-refractivity contribution in [2.45, 2.75) is 31.0 Å². The van der Waals surface area contributed by atoms with Gasteiger partial charge in [0.15, 0.2) is 5.03 Å². The van der Waals surface area contributed by atoms with Gasteiger partial charge in [0, 0.05) is 26.2 Å². The Bertz CT molecular complexity index is 529. The van der Waals surface area contributed by atoms with E-state index in [0.29, 0.717) is 13.2 Å². The number of morpholine rings is 1. The summed E-state index contributed by atoms with van der Waals surface area (Å²) in [6.07, 6.45) is 2.24. The van der Waals surface area contributed by atoms with Gasteiger partial charge >= 0.3 is 0 Å². The third-order valence-corrected chi connectivity index (χ3v) is 4.68. The second-order valence-electron chi connectivity index (χ2n) is 5.00. The average molecular weight is 302 g/mol. The first-order chi connectivity index (χ1) is 9.53. The molecule has 1 aromatic rings. The van der Waals surface area contributed by atoms with Crippen molar-refractivity contribution in [3.05, 3.63) is 12.3 Å². The van der Waals surface area contributed by atoms with Crippen LogP contribution in [0.2, 0.25) is 0 Å². The maximum Gasteiger partial charge on any atom is 0.257 e. The normalized spacial score (nSPS) is 21.2. The Morgan fingerprint density at radius 1 is 1.55 bits per heavy atom. The molecular weight excluding hydrogens is 280 g/mol. The van der Waals surface area contributed by atoms with Gasteiger partial charge in [-0.2, -0.15) is 5.10 Å². The molecule has 20 heavy (non-hydrogen) atoms. The van der Waals surface area contributed by atoms with Crippen LogP contribution in [0.5, 0.6) is 0 Å². The number of likely N-dealkylation sites (N-methyl/N-ethyl adjacent to an activating group) is 1. The first-order valence-electron chi connectivity index (χ1n) is 6.84. The van der Waals surface area contributed by atoms with Crippen LogP contribution in [0.1, 0.15) is 13.3 Å². The highest BCUT2D eigenvalue weighted by Crippen LogP contribution is 2.09. The number of aryl methyl sites for hydroxylation is 1. The van der Waals surface area contributed by atoms with E-state index in [2.05, 4.69) is 14.7 Å².